The Morgan fingerprint density at radius 2 is 2.06 bits per heavy atom. The van der Waals surface area contributed by atoms with Gasteiger partial charge in [0, 0.05) is 5.69 Å². The molecule has 0 aromatic heterocycles. The summed E-state index contributed by atoms with van der Waals surface area (Å²) in [6.07, 6.45) is 0.993. The number of carbonyl (C=O) groups is 1. The van der Waals surface area contributed by atoms with Gasteiger partial charge in [-0.1, -0.05) is 26.0 Å². The van der Waals surface area contributed by atoms with E-state index in [9.17, 15) is 4.79 Å². The maximum atomic E-state index is 11.2. The Labute approximate surface area is 96.1 Å². The van der Waals surface area contributed by atoms with E-state index in [1.54, 1.807) is 0 Å². The highest BCUT2D eigenvalue weighted by Crippen LogP contribution is 2.20. The fourth-order valence-corrected chi connectivity index (χ4v) is 1.41. The summed E-state index contributed by atoms with van der Waals surface area (Å²) >= 11 is 0. The molecule has 0 aliphatic carbocycles. The zero-order chi connectivity index (χ0) is 12.0. The number of anilines is 1. The summed E-state index contributed by atoms with van der Waals surface area (Å²) in [6, 6.07) is 9.58. The molecule has 84 valence electrons. The Bertz CT molecular complexity index is 389. The molecule has 0 unspecified atom stereocenters. The van der Waals surface area contributed by atoms with E-state index in [0.717, 1.165) is 12.1 Å². The van der Waals surface area contributed by atoms with Gasteiger partial charge < -0.3 is 5.32 Å². The Morgan fingerprint density at radius 1 is 1.44 bits per heavy atom. The maximum absolute atomic E-state index is 11.2. The van der Waals surface area contributed by atoms with Gasteiger partial charge in [-0.05, 0) is 30.0 Å². The second-order valence-corrected chi connectivity index (χ2v) is 3.81. The van der Waals surface area contributed by atoms with E-state index in [0.29, 0.717) is 5.92 Å². The van der Waals surface area contributed by atoms with E-state index in [4.69, 9.17) is 5.26 Å². The Kier molecular flexibility index (Phi) is 4.53. The summed E-state index contributed by atoms with van der Waals surface area (Å²) in [6.45, 7) is 4.32. The van der Waals surface area contributed by atoms with Gasteiger partial charge in [0.1, 0.15) is 6.42 Å². The molecule has 0 bridgehead atoms. The molecule has 0 spiro atoms. The van der Waals surface area contributed by atoms with Crippen molar-refractivity contribution in [3.05, 3.63) is 29.8 Å². The van der Waals surface area contributed by atoms with Crippen molar-refractivity contribution in [2.75, 3.05) is 5.32 Å². The Morgan fingerprint density at radius 3 is 2.56 bits per heavy atom. The maximum Gasteiger partial charge on any atom is 0.238 e. The van der Waals surface area contributed by atoms with Crippen LogP contribution in [0.25, 0.3) is 0 Å². The topological polar surface area (TPSA) is 52.9 Å². The van der Waals surface area contributed by atoms with Crippen molar-refractivity contribution in [3.8, 4) is 6.07 Å². The standard InChI is InChI=1S/C13H16N2O/c1-3-10(2)11-4-6-12(7-5-11)15-13(16)8-9-14/h4-7,10H,3,8H2,1-2H3,(H,15,16)/t10-/m1/s1. The lowest BCUT2D eigenvalue weighted by atomic mass is 9.99. The van der Waals surface area contributed by atoms with Crippen LogP contribution >= 0.6 is 0 Å². The van der Waals surface area contributed by atoms with Crippen molar-refractivity contribution in [3.63, 3.8) is 0 Å². The second kappa shape index (κ2) is 5.92. The minimum atomic E-state index is -0.265. The predicted octanol–water partition coefficient (Wildman–Crippen LogP) is 3.05. The fourth-order valence-electron chi connectivity index (χ4n) is 1.41. The number of rotatable bonds is 4. The summed E-state index contributed by atoms with van der Waals surface area (Å²) in [5.41, 5.74) is 2.01. The molecule has 3 heteroatoms. The van der Waals surface area contributed by atoms with Gasteiger partial charge in [0.15, 0.2) is 0 Å². The Hall–Kier alpha value is -1.82. The summed E-state index contributed by atoms with van der Waals surface area (Å²) in [5, 5.41) is 11.0. The first-order valence-corrected chi connectivity index (χ1v) is 5.44. The lowest BCUT2D eigenvalue weighted by molar-refractivity contribution is -0.115. The number of nitriles is 1. The third kappa shape index (κ3) is 3.39. The minimum absolute atomic E-state index is 0.104. The van der Waals surface area contributed by atoms with Gasteiger partial charge in [-0.25, -0.2) is 0 Å². The zero-order valence-corrected chi connectivity index (χ0v) is 9.66. The van der Waals surface area contributed by atoms with Gasteiger partial charge in [-0.15, -0.1) is 0 Å². The third-order valence-electron chi connectivity index (χ3n) is 2.62. The highest BCUT2D eigenvalue weighted by atomic mass is 16.1. The van der Waals surface area contributed by atoms with E-state index in [1.807, 2.05) is 30.3 Å². The molecule has 0 saturated carbocycles. The SMILES string of the molecule is CC[C@@H](C)c1ccc(NC(=O)CC#N)cc1. The van der Waals surface area contributed by atoms with Crippen LogP contribution < -0.4 is 5.32 Å². The summed E-state index contributed by atoms with van der Waals surface area (Å²) in [5.74, 6) is 0.266. The first kappa shape index (κ1) is 12.3. The van der Waals surface area contributed by atoms with Crippen LogP contribution in [0.5, 0.6) is 0 Å². The number of carbonyl (C=O) groups excluding carboxylic acids is 1. The van der Waals surface area contributed by atoms with Crippen molar-refractivity contribution in [1.82, 2.24) is 0 Å². The molecule has 0 radical (unpaired) electrons. The quantitative estimate of drug-likeness (QED) is 0.841. The van der Waals surface area contributed by atoms with E-state index in [1.165, 1.54) is 5.56 Å². The van der Waals surface area contributed by atoms with Gasteiger partial charge in [0.25, 0.3) is 0 Å². The van der Waals surface area contributed by atoms with Crippen molar-refractivity contribution in [1.29, 1.82) is 5.26 Å². The summed E-state index contributed by atoms with van der Waals surface area (Å²) in [7, 11) is 0. The fraction of sp³-hybridized carbons (Fsp3) is 0.385. The van der Waals surface area contributed by atoms with Gasteiger partial charge in [0.05, 0.1) is 6.07 Å². The smallest absolute Gasteiger partial charge is 0.238 e. The summed E-state index contributed by atoms with van der Waals surface area (Å²) in [4.78, 5) is 11.2. The molecule has 0 fully saturated rings. The van der Waals surface area contributed by atoms with Crippen LogP contribution in [0.1, 0.15) is 38.2 Å². The molecule has 1 amide bonds. The lowest BCUT2D eigenvalue weighted by Crippen LogP contribution is -2.09. The molecule has 1 aromatic carbocycles. The van der Waals surface area contributed by atoms with Gasteiger partial charge >= 0.3 is 0 Å². The van der Waals surface area contributed by atoms with Gasteiger partial charge in [-0.2, -0.15) is 5.26 Å². The second-order valence-electron chi connectivity index (χ2n) is 3.81. The van der Waals surface area contributed by atoms with Crippen molar-refractivity contribution in [2.45, 2.75) is 32.6 Å². The van der Waals surface area contributed by atoms with E-state index < -0.39 is 0 Å². The molecule has 3 nitrogen and oxygen atoms in total. The molecule has 1 aromatic rings. The van der Waals surface area contributed by atoms with Crippen molar-refractivity contribution >= 4 is 11.6 Å². The molecule has 0 aliphatic rings. The summed E-state index contributed by atoms with van der Waals surface area (Å²) < 4.78 is 0. The van der Waals surface area contributed by atoms with Crippen LogP contribution in [0.4, 0.5) is 5.69 Å². The molecule has 16 heavy (non-hydrogen) atoms. The lowest BCUT2D eigenvalue weighted by Gasteiger charge is -2.09. The number of hydrogen-bond acceptors (Lipinski definition) is 2. The van der Waals surface area contributed by atoms with Crippen molar-refractivity contribution < 1.29 is 4.79 Å². The van der Waals surface area contributed by atoms with E-state index >= 15 is 0 Å². The zero-order valence-electron chi connectivity index (χ0n) is 9.66. The molecule has 1 rings (SSSR count). The van der Waals surface area contributed by atoms with E-state index in [2.05, 4.69) is 19.2 Å². The largest absolute Gasteiger partial charge is 0.325 e. The normalized spacial score (nSPS) is 11.6. The molecular weight excluding hydrogens is 200 g/mol. The number of benzene rings is 1. The van der Waals surface area contributed by atoms with Gasteiger partial charge in [-0.3, -0.25) is 4.79 Å². The van der Waals surface area contributed by atoms with Crippen LogP contribution in [0.2, 0.25) is 0 Å². The van der Waals surface area contributed by atoms with Crippen LogP contribution in [-0.4, -0.2) is 5.91 Å². The molecule has 0 aliphatic heterocycles. The molecule has 1 N–H and O–H groups in total. The highest BCUT2D eigenvalue weighted by Gasteiger charge is 2.04. The van der Waals surface area contributed by atoms with Gasteiger partial charge in [0.2, 0.25) is 5.91 Å². The number of amides is 1. The number of nitrogens with one attached hydrogen (secondary N) is 1. The van der Waals surface area contributed by atoms with Crippen LogP contribution in [0, 0.1) is 11.3 Å². The Balaban J connectivity index is 2.65. The first-order valence-electron chi connectivity index (χ1n) is 5.44. The number of nitrogens with zero attached hydrogens (tertiary/aromatic N) is 1. The molecular formula is C13H16N2O. The molecule has 0 heterocycles. The first-order chi connectivity index (χ1) is 7.67. The number of hydrogen-bond donors (Lipinski definition) is 1. The monoisotopic (exact) mass is 216 g/mol. The molecule has 0 saturated heterocycles. The average Bonchev–Trinajstić information content (AvgIpc) is 2.29. The average molecular weight is 216 g/mol. The third-order valence-corrected chi connectivity index (χ3v) is 2.62. The van der Waals surface area contributed by atoms with Crippen LogP contribution in [-0.2, 0) is 4.79 Å². The van der Waals surface area contributed by atoms with Crippen LogP contribution in [0.15, 0.2) is 24.3 Å². The predicted molar refractivity (Wildman–Crippen MR) is 64.0 cm³/mol. The molecule has 1 atom stereocenters. The highest BCUT2D eigenvalue weighted by molar-refractivity contribution is 5.91. The van der Waals surface area contributed by atoms with Crippen molar-refractivity contribution in [2.24, 2.45) is 0 Å². The van der Waals surface area contributed by atoms with E-state index in [-0.39, 0.29) is 12.3 Å². The van der Waals surface area contributed by atoms with Crippen LogP contribution in [0.3, 0.4) is 0 Å². The minimum Gasteiger partial charge on any atom is -0.325 e.